The molecule has 74 valence electrons. The third kappa shape index (κ3) is 500. The molecule has 0 N–H and O–H groups in total. The molecule has 0 aliphatic heterocycles. The maximum absolute atomic E-state index is 8.55. The Kier molecular flexibility index (Phi) is 22.6. The van der Waals surface area contributed by atoms with Gasteiger partial charge in [0.1, 0.15) is 0 Å². The second kappa shape index (κ2) is 12.1. The van der Waals surface area contributed by atoms with Gasteiger partial charge in [-0.2, -0.15) is 15.6 Å². The van der Waals surface area contributed by atoms with E-state index >= 15 is 0 Å². The van der Waals surface area contributed by atoms with Crippen LogP contribution in [0.15, 0.2) is 0 Å². The monoisotopic (exact) mass is 410 g/mol. The Bertz CT molecular complexity index is 146. The van der Waals surface area contributed by atoms with Crippen LogP contribution in [-0.4, -0.2) is 0 Å². The van der Waals surface area contributed by atoms with Gasteiger partial charge >= 0.3 is 54.0 Å². The minimum atomic E-state index is -5.39. The molecule has 0 bridgehead atoms. The second-order valence-electron chi connectivity index (χ2n) is 0.894. The van der Waals surface area contributed by atoms with Crippen molar-refractivity contribution in [3.05, 3.63) is 0 Å². The molecule has 0 heterocycles. The molecule has 0 aromatic heterocycles. The van der Waals surface area contributed by atoms with Crippen molar-refractivity contribution in [3.63, 3.8) is 0 Å². The van der Waals surface area contributed by atoms with E-state index in [0.29, 0.717) is 0 Å². The van der Waals surface area contributed by atoms with Crippen LogP contribution in [0, 0.1) is 0 Å². The van der Waals surface area contributed by atoms with Crippen molar-refractivity contribution in [2.45, 2.75) is 0 Å². The summed E-state index contributed by atoms with van der Waals surface area (Å²) in [4.78, 5) is 51.3. The Morgan fingerprint density at radius 1 is 0.769 bits per heavy atom. The van der Waals surface area contributed by atoms with E-state index in [-0.39, 0.29) is 26.2 Å². The molecule has 0 saturated carbocycles. The molecule has 8 nitrogen and oxygen atoms in total. The summed E-state index contributed by atoms with van der Waals surface area (Å²) in [6.07, 6.45) is 0. The van der Waals surface area contributed by atoms with Crippen molar-refractivity contribution in [1.82, 2.24) is 0 Å². The number of hydrogen-bond donors (Lipinski definition) is 0. The van der Waals surface area contributed by atoms with Crippen LogP contribution < -0.4 is 29.4 Å². The first-order valence-corrected chi connectivity index (χ1v) is 7.34. The van der Waals surface area contributed by atoms with E-state index in [9.17, 15) is 0 Å². The van der Waals surface area contributed by atoms with Gasteiger partial charge in [0.15, 0.2) is 0 Å². The molecular formula is MoO8P2SZr. The summed E-state index contributed by atoms with van der Waals surface area (Å²) >= 11 is 1.53. The first-order chi connectivity index (χ1) is 5.00. The van der Waals surface area contributed by atoms with Crippen LogP contribution >= 0.6 is 25.5 Å². The SMILES string of the molecule is O=P([O-])([O-])[O-].O=P([O-])([O-])[O-].[S]=[Mo+2].[Zr+4]. The zero-order chi connectivity index (χ0) is 11.0. The quantitative estimate of drug-likeness (QED) is 0.280. The molecule has 13 heavy (non-hydrogen) atoms. The molecule has 0 fully saturated rings. The molecule has 0 unspecified atom stereocenters. The molecule has 0 spiro atoms. The Hall–Kier alpha value is 2.01. The standard InChI is InChI=1S/Mo.2H3O4P.S.Zr/c;2*1-5(2,3)4;;/h;2*(H3,1,2,3,4);;/q+2;;;;+4/p-6. The van der Waals surface area contributed by atoms with Gasteiger partial charge in [-0.15, -0.1) is 0 Å². The molecule has 0 saturated heterocycles. The van der Waals surface area contributed by atoms with E-state index in [1.54, 1.807) is 0 Å². The maximum Gasteiger partial charge on any atom is 4.00 e. The van der Waals surface area contributed by atoms with Crippen LogP contribution in [-0.2, 0) is 53.3 Å². The fourth-order valence-electron chi connectivity index (χ4n) is 0. The smallest absolute Gasteiger partial charge is 4.00 e. The Morgan fingerprint density at radius 3 is 0.769 bits per heavy atom. The first kappa shape index (κ1) is 24.3. The van der Waals surface area contributed by atoms with Gasteiger partial charge in [0.2, 0.25) is 0 Å². The van der Waals surface area contributed by atoms with Gasteiger partial charge in [-0.1, -0.05) is 0 Å². The summed E-state index contributed by atoms with van der Waals surface area (Å²) in [5.41, 5.74) is 0. The van der Waals surface area contributed by atoms with Crippen LogP contribution in [0.3, 0.4) is 0 Å². The van der Waals surface area contributed by atoms with E-state index in [2.05, 4.69) is 9.82 Å². The maximum atomic E-state index is 8.55. The average Bonchev–Trinajstić information content (AvgIpc) is 1.59. The molecular weight excluding hydrogens is 409 g/mol. The summed E-state index contributed by atoms with van der Waals surface area (Å²) in [6, 6.07) is 0. The summed E-state index contributed by atoms with van der Waals surface area (Å²) in [7, 11) is -6.68. The number of hydrogen-bond acceptors (Lipinski definition) is 9. The summed E-state index contributed by atoms with van der Waals surface area (Å²) < 4.78 is 17.1. The van der Waals surface area contributed by atoms with Crippen molar-refractivity contribution in [1.29, 1.82) is 0 Å². The van der Waals surface area contributed by atoms with Crippen molar-refractivity contribution >= 4 is 25.5 Å². The summed E-state index contributed by atoms with van der Waals surface area (Å²) in [5, 5.41) is 0. The van der Waals surface area contributed by atoms with E-state index in [1.807, 2.05) is 0 Å². The predicted molar refractivity (Wildman–Crippen MR) is 22.8 cm³/mol. The zero-order valence-electron chi connectivity index (χ0n) is 5.48. The molecule has 0 aromatic carbocycles. The Balaban J connectivity index is -0.0000000491. The predicted octanol–water partition coefficient (Wildman–Crippen LogP) is -5.01. The van der Waals surface area contributed by atoms with Crippen LogP contribution in [0.25, 0.3) is 0 Å². The van der Waals surface area contributed by atoms with Crippen LogP contribution in [0.4, 0.5) is 0 Å². The van der Waals surface area contributed by atoms with Gasteiger partial charge in [0, 0.05) is 0 Å². The Labute approximate surface area is 107 Å². The normalized spacial score (nSPS) is 9.31. The number of rotatable bonds is 0. The van der Waals surface area contributed by atoms with E-state index in [1.165, 1.54) is 18.0 Å². The zero-order valence-corrected chi connectivity index (χ0v) is 12.5. The number of phosphoric acid groups is 2. The molecule has 0 aromatic rings. The van der Waals surface area contributed by atoms with Gasteiger partial charge in [-0.25, -0.2) is 0 Å². The Morgan fingerprint density at radius 2 is 0.769 bits per heavy atom. The van der Waals surface area contributed by atoms with E-state index < -0.39 is 15.6 Å². The van der Waals surface area contributed by atoms with Crippen LogP contribution in [0.1, 0.15) is 0 Å². The summed E-state index contributed by atoms with van der Waals surface area (Å²) in [6.45, 7) is 0. The fraction of sp³-hybridized carbons (Fsp3) is 0. The van der Waals surface area contributed by atoms with Crippen molar-refractivity contribution in [2.75, 3.05) is 0 Å². The molecule has 0 aliphatic carbocycles. The molecule has 0 aliphatic rings. The third-order valence-corrected chi connectivity index (χ3v) is 0. The fourth-order valence-corrected chi connectivity index (χ4v) is 0. The minimum Gasteiger partial charge on any atom is 4.00 e. The summed E-state index contributed by atoms with van der Waals surface area (Å²) in [5.74, 6) is 0. The van der Waals surface area contributed by atoms with Crippen molar-refractivity contribution in [3.8, 4) is 0 Å². The minimum absolute atomic E-state index is 0. The van der Waals surface area contributed by atoms with Gasteiger partial charge in [0.25, 0.3) is 0 Å². The topological polar surface area (TPSA) is 172 Å². The average molecular weight is 409 g/mol. The largest absolute Gasteiger partial charge is 4.00 e. The van der Waals surface area contributed by atoms with Crippen LogP contribution in [0.5, 0.6) is 0 Å². The van der Waals surface area contributed by atoms with Crippen molar-refractivity contribution < 1.29 is 82.7 Å². The van der Waals surface area contributed by atoms with E-state index in [0.717, 1.165) is 0 Å². The van der Waals surface area contributed by atoms with Gasteiger partial charge < -0.3 is 38.5 Å². The van der Waals surface area contributed by atoms with Gasteiger partial charge in [-0.05, 0) is 0 Å². The molecule has 0 rings (SSSR count). The van der Waals surface area contributed by atoms with Gasteiger partial charge in [-0.3, -0.25) is 0 Å². The van der Waals surface area contributed by atoms with E-state index in [4.69, 9.17) is 38.5 Å². The molecule has 13 heteroatoms. The second-order valence-corrected chi connectivity index (χ2v) is 2.68. The molecule has 0 atom stereocenters. The molecule has 0 radical (unpaired) electrons. The molecule has 0 amide bonds. The van der Waals surface area contributed by atoms with Crippen molar-refractivity contribution in [2.24, 2.45) is 0 Å². The van der Waals surface area contributed by atoms with Crippen LogP contribution in [0.2, 0.25) is 0 Å². The van der Waals surface area contributed by atoms with Gasteiger partial charge in [0.05, 0.1) is 0 Å². The third-order valence-electron chi connectivity index (χ3n) is 0. The first-order valence-electron chi connectivity index (χ1n) is 1.63.